The van der Waals surface area contributed by atoms with Crippen molar-refractivity contribution in [3.05, 3.63) is 21.2 Å². The van der Waals surface area contributed by atoms with Gasteiger partial charge in [-0.1, -0.05) is 12.8 Å². The average Bonchev–Trinajstić information content (AvgIpc) is 2.41. The number of H-pyrrole nitrogens is 1. The maximum absolute atomic E-state index is 11.7. The van der Waals surface area contributed by atoms with Crippen molar-refractivity contribution in [1.29, 1.82) is 0 Å². The Kier molecular flexibility index (Phi) is 3.41. The van der Waals surface area contributed by atoms with Crippen LogP contribution in [0.5, 0.6) is 0 Å². The maximum Gasteiger partial charge on any atom is 0.267 e. The summed E-state index contributed by atoms with van der Waals surface area (Å²) in [7, 11) is 0. The first-order chi connectivity index (χ1) is 8.77. The molecule has 0 radical (unpaired) electrons. The first kappa shape index (κ1) is 12.2. The second-order valence-electron chi connectivity index (χ2n) is 5.32. The standard InChI is InChI=1S/C13H18BrN3O/c14-11-12(15-8-16-13(11)18)17-7-3-5-9-4-1-2-6-10(9)17/h8-10H,1-7H2,(H,15,16,18). The minimum Gasteiger partial charge on any atom is -0.352 e. The molecule has 1 saturated carbocycles. The summed E-state index contributed by atoms with van der Waals surface area (Å²) in [5, 5.41) is 0. The van der Waals surface area contributed by atoms with E-state index in [9.17, 15) is 4.79 Å². The van der Waals surface area contributed by atoms with Gasteiger partial charge in [-0.2, -0.15) is 0 Å². The Bertz CT molecular complexity index is 485. The van der Waals surface area contributed by atoms with E-state index in [0.717, 1.165) is 18.3 Å². The van der Waals surface area contributed by atoms with Gasteiger partial charge in [-0.05, 0) is 47.5 Å². The van der Waals surface area contributed by atoms with Crippen molar-refractivity contribution in [3.8, 4) is 0 Å². The highest BCUT2D eigenvalue weighted by Crippen LogP contribution is 2.38. The highest BCUT2D eigenvalue weighted by Gasteiger charge is 2.34. The predicted octanol–water partition coefficient (Wildman–Crippen LogP) is 2.69. The molecule has 2 atom stereocenters. The molecule has 1 aromatic rings. The number of anilines is 1. The molecule has 5 heteroatoms. The molecule has 18 heavy (non-hydrogen) atoms. The molecule has 98 valence electrons. The van der Waals surface area contributed by atoms with E-state index >= 15 is 0 Å². The van der Waals surface area contributed by atoms with Gasteiger partial charge in [0.15, 0.2) is 5.82 Å². The lowest BCUT2D eigenvalue weighted by atomic mass is 9.78. The monoisotopic (exact) mass is 311 g/mol. The van der Waals surface area contributed by atoms with Crippen molar-refractivity contribution in [1.82, 2.24) is 9.97 Å². The van der Waals surface area contributed by atoms with Crippen molar-refractivity contribution in [2.75, 3.05) is 11.4 Å². The number of aromatic amines is 1. The molecule has 1 aliphatic heterocycles. The molecule has 0 bridgehead atoms. The fraction of sp³-hybridized carbons (Fsp3) is 0.692. The lowest BCUT2D eigenvalue weighted by Crippen LogP contribution is -2.47. The van der Waals surface area contributed by atoms with Crippen LogP contribution >= 0.6 is 15.9 Å². The Morgan fingerprint density at radius 1 is 1.28 bits per heavy atom. The van der Waals surface area contributed by atoms with Crippen LogP contribution in [0.2, 0.25) is 0 Å². The topological polar surface area (TPSA) is 49.0 Å². The quantitative estimate of drug-likeness (QED) is 0.867. The van der Waals surface area contributed by atoms with Crippen LogP contribution in [0, 0.1) is 5.92 Å². The van der Waals surface area contributed by atoms with E-state index < -0.39 is 0 Å². The van der Waals surface area contributed by atoms with Crippen molar-refractivity contribution in [2.45, 2.75) is 44.6 Å². The van der Waals surface area contributed by atoms with E-state index in [1.165, 1.54) is 44.9 Å². The number of nitrogens with one attached hydrogen (secondary N) is 1. The molecule has 2 unspecified atom stereocenters. The van der Waals surface area contributed by atoms with Crippen LogP contribution in [0.25, 0.3) is 0 Å². The fourth-order valence-electron chi connectivity index (χ4n) is 3.46. The van der Waals surface area contributed by atoms with E-state index in [1.807, 2.05) is 0 Å². The number of rotatable bonds is 1. The number of nitrogens with zero attached hydrogens (tertiary/aromatic N) is 2. The van der Waals surface area contributed by atoms with Gasteiger partial charge in [-0.3, -0.25) is 4.79 Å². The van der Waals surface area contributed by atoms with Gasteiger partial charge in [0.1, 0.15) is 4.47 Å². The van der Waals surface area contributed by atoms with Gasteiger partial charge < -0.3 is 9.88 Å². The minimum atomic E-state index is -0.0852. The zero-order valence-corrected chi connectivity index (χ0v) is 11.9. The smallest absolute Gasteiger partial charge is 0.267 e. The first-order valence-electron chi connectivity index (χ1n) is 6.77. The molecule has 1 aliphatic carbocycles. The summed E-state index contributed by atoms with van der Waals surface area (Å²) in [5.41, 5.74) is -0.0852. The third kappa shape index (κ3) is 2.09. The summed E-state index contributed by atoms with van der Waals surface area (Å²) >= 11 is 3.38. The third-order valence-corrected chi connectivity index (χ3v) is 5.01. The Balaban J connectivity index is 1.94. The average molecular weight is 312 g/mol. The molecule has 0 aromatic carbocycles. The third-order valence-electron chi connectivity index (χ3n) is 4.29. The van der Waals surface area contributed by atoms with E-state index in [-0.39, 0.29) is 5.56 Å². The van der Waals surface area contributed by atoms with Gasteiger partial charge in [0.05, 0.1) is 6.33 Å². The zero-order chi connectivity index (χ0) is 12.5. The number of fused-ring (bicyclic) bond motifs is 1. The second-order valence-corrected chi connectivity index (χ2v) is 6.11. The van der Waals surface area contributed by atoms with E-state index in [2.05, 4.69) is 30.8 Å². The lowest BCUT2D eigenvalue weighted by Gasteiger charge is -2.44. The SMILES string of the molecule is O=c1[nH]cnc(N2CCCC3CCCCC32)c1Br. The molecule has 1 N–H and O–H groups in total. The number of hydrogen-bond donors (Lipinski definition) is 1. The van der Waals surface area contributed by atoms with Crippen LogP contribution < -0.4 is 10.5 Å². The molecule has 1 aromatic heterocycles. The minimum absolute atomic E-state index is 0.0852. The van der Waals surface area contributed by atoms with E-state index in [1.54, 1.807) is 0 Å². The van der Waals surface area contributed by atoms with Gasteiger partial charge >= 0.3 is 0 Å². The van der Waals surface area contributed by atoms with Crippen LogP contribution in [-0.2, 0) is 0 Å². The van der Waals surface area contributed by atoms with Gasteiger partial charge in [-0.15, -0.1) is 0 Å². The van der Waals surface area contributed by atoms with Crippen LogP contribution in [0.3, 0.4) is 0 Å². The molecule has 0 spiro atoms. The number of piperidine rings is 1. The summed E-state index contributed by atoms with van der Waals surface area (Å²) < 4.78 is 0.580. The number of aromatic nitrogens is 2. The molecule has 2 fully saturated rings. The Morgan fingerprint density at radius 2 is 2.06 bits per heavy atom. The summed E-state index contributed by atoms with van der Waals surface area (Å²) in [4.78, 5) is 21.0. The fourth-order valence-corrected chi connectivity index (χ4v) is 3.91. The molecule has 3 rings (SSSR count). The lowest BCUT2D eigenvalue weighted by molar-refractivity contribution is 0.242. The van der Waals surface area contributed by atoms with Crippen molar-refractivity contribution < 1.29 is 0 Å². The number of halogens is 1. The predicted molar refractivity (Wildman–Crippen MR) is 74.9 cm³/mol. The van der Waals surface area contributed by atoms with Crippen molar-refractivity contribution in [3.63, 3.8) is 0 Å². The van der Waals surface area contributed by atoms with Crippen LogP contribution in [0.15, 0.2) is 15.6 Å². The summed E-state index contributed by atoms with van der Waals surface area (Å²) in [6.07, 6.45) is 9.30. The molecular formula is C13H18BrN3O. The van der Waals surface area contributed by atoms with Crippen LogP contribution in [0.4, 0.5) is 5.82 Å². The highest BCUT2D eigenvalue weighted by atomic mass is 79.9. The summed E-state index contributed by atoms with van der Waals surface area (Å²) in [6, 6.07) is 0.582. The molecule has 2 heterocycles. The molecule has 2 aliphatic rings. The molecule has 0 amide bonds. The molecule has 1 saturated heterocycles. The first-order valence-corrected chi connectivity index (χ1v) is 7.56. The molecule has 4 nitrogen and oxygen atoms in total. The normalized spacial score (nSPS) is 27.9. The van der Waals surface area contributed by atoms with Crippen molar-refractivity contribution >= 4 is 21.7 Å². The molecular weight excluding hydrogens is 294 g/mol. The van der Waals surface area contributed by atoms with E-state index in [0.29, 0.717) is 10.5 Å². The van der Waals surface area contributed by atoms with Gasteiger partial charge in [0.2, 0.25) is 0 Å². The Labute approximate surface area is 115 Å². The zero-order valence-electron chi connectivity index (χ0n) is 10.4. The van der Waals surface area contributed by atoms with Crippen LogP contribution in [-0.4, -0.2) is 22.6 Å². The van der Waals surface area contributed by atoms with Gasteiger partial charge in [0, 0.05) is 12.6 Å². The van der Waals surface area contributed by atoms with Crippen molar-refractivity contribution in [2.24, 2.45) is 5.92 Å². The Hall–Kier alpha value is -0.840. The number of hydrogen-bond acceptors (Lipinski definition) is 3. The summed E-state index contributed by atoms with van der Waals surface area (Å²) in [6.45, 7) is 1.02. The Morgan fingerprint density at radius 3 is 2.94 bits per heavy atom. The largest absolute Gasteiger partial charge is 0.352 e. The summed E-state index contributed by atoms with van der Waals surface area (Å²) in [5.74, 6) is 1.62. The second kappa shape index (κ2) is 5.03. The van der Waals surface area contributed by atoms with Gasteiger partial charge in [-0.25, -0.2) is 4.98 Å². The van der Waals surface area contributed by atoms with E-state index in [4.69, 9.17) is 0 Å². The van der Waals surface area contributed by atoms with Gasteiger partial charge in [0.25, 0.3) is 5.56 Å². The maximum atomic E-state index is 11.7. The highest BCUT2D eigenvalue weighted by molar-refractivity contribution is 9.10. The van der Waals surface area contributed by atoms with Crippen LogP contribution in [0.1, 0.15) is 38.5 Å².